The van der Waals surface area contributed by atoms with Gasteiger partial charge in [-0.15, -0.1) is 0 Å². The van der Waals surface area contributed by atoms with Crippen LogP contribution >= 0.6 is 0 Å². The minimum absolute atomic E-state index is 0.0233. The van der Waals surface area contributed by atoms with Gasteiger partial charge in [-0.3, -0.25) is 4.79 Å². The summed E-state index contributed by atoms with van der Waals surface area (Å²) in [6.45, 7) is 4.40. The molecule has 0 bridgehead atoms. The number of hydrogen-bond acceptors (Lipinski definition) is 4. The number of carbonyl (C=O) groups is 1. The Morgan fingerprint density at radius 2 is 2.12 bits per heavy atom. The van der Waals surface area contributed by atoms with Crippen LogP contribution in [0, 0.1) is 0 Å². The normalized spacial score (nSPS) is 12.5. The molecule has 1 unspecified atom stereocenters. The third-order valence-electron chi connectivity index (χ3n) is 2.34. The second-order valence-electron chi connectivity index (χ2n) is 4.12. The summed E-state index contributed by atoms with van der Waals surface area (Å²) in [5, 5.41) is 24.8. The highest BCUT2D eigenvalue weighted by Gasteiger charge is 2.10. The van der Waals surface area contributed by atoms with E-state index in [1.165, 1.54) is 6.07 Å². The number of aliphatic hydroxyl groups excluding tert-OH is 1. The van der Waals surface area contributed by atoms with Gasteiger partial charge in [0.2, 0.25) is 6.41 Å². The molecule has 0 aliphatic heterocycles. The van der Waals surface area contributed by atoms with Crippen LogP contribution in [0.15, 0.2) is 18.2 Å². The zero-order valence-electron chi connectivity index (χ0n) is 9.97. The maximum Gasteiger partial charge on any atom is 0.211 e. The van der Waals surface area contributed by atoms with Crippen molar-refractivity contribution in [3.63, 3.8) is 0 Å². The topological polar surface area (TPSA) is 81.6 Å². The summed E-state index contributed by atoms with van der Waals surface area (Å²) in [4.78, 5) is 10.3. The van der Waals surface area contributed by atoms with E-state index in [2.05, 4.69) is 10.6 Å². The molecule has 1 aromatic carbocycles. The number of anilines is 1. The van der Waals surface area contributed by atoms with Gasteiger partial charge in [-0.1, -0.05) is 19.9 Å². The summed E-state index contributed by atoms with van der Waals surface area (Å²) in [6.07, 6.45) is -0.192. The number of rotatable bonds is 6. The maximum atomic E-state index is 10.3. The molecule has 0 spiro atoms. The van der Waals surface area contributed by atoms with E-state index >= 15 is 0 Å². The molecule has 0 heterocycles. The van der Waals surface area contributed by atoms with E-state index in [1.807, 2.05) is 13.8 Å². The molecular weight excluding hydrogens is 220 g/mol. The van der Waals surface area contributed by atoms with Crippen molar-refractivity contribution in [1.29, 1.82) is 0 Å². The molecule has 0 saturated carbocycles. The number of amides is 1. The molecule has 5 nitrogen and oxygen atoms in total. The lowest BCUT2D eigenvalue weighted by Gasteiger charge is -2.15. The van der Waals surface area contributed by atoms with Crippen LogP contribution in [0.5, 0.6) is 5.75 Å². The SMILES string of the molecule is CC(C)NCC(O)c1ccc(O)c(NC=O)c1. The van der Waals surface area contributed by atoms with Crippen molar-refractivity contribution < 1.29 is 15.0 Å². The fourth-order valence-electron chi connectivity index (χ4n) is 1.41. The van der Waals surface area contributed by atoms with E-state index in [4.69, 9.17) is 0 Å². The van der Waals surface area contributed by atoms with Crippen LogP contribution in [0.1, 0.15) is 25.5 Å². The molecule has 4 N–H and O–H groups in total. The lowest BCUT2D eigenvalue weighted by Crippen LogP contribution is -2.27. The fraction of sp³-hybridized carbons (Fsp3) is 0.417. The van der Waals surface area contributed by atoms with E-state index in [0.29, 0.717) is 24.2 Å². The summed E-state index contributed by atoms with van der Waals surface area (Å²) in [6, 6.07) is 4.91. The molecule has 17 heavy (non-hydrogen) atoms. The van der Waals surface area contributed by atoms with E-state index in [0.717, 1.165) is 0 Å². The number of phenolic OH excluding ortho intramolecular Hbond substituents is 1. The molecule has 0 aliphatic carbocycles. The van der Waals surface area contributed by atoms with Crippen molar-refractivity contribution in [2.45, 2.75) is 26.0 Å². The van der Waals surface area contributed by atoms with Gasteiger partial charge in [0.15, 0.2) is 0 Å². The summed E-state index contributed by atoms with van der Waals surface area (Å²) >= 11 is 0. The van der Waals surface area contributed by atoms with E-state index in [-0.39, 0.29) is 11.8 Å². The van der Waals surface area contributed by atoms with Gasteiger partial charge in [0.1, 0.15) is 5.75 Å². The molecule has 1 rings (SSSR count). The van der Waals surface area contributed by atoms with Crippen molar-refractivity contribution in [2.24, 2.45) is 0 Å². The second-order valence-corrected chi connectivity index (χ2v) is 4.12. The average molecular weight is 238 g/mol. The monoisotopic (exact) mass is 238 g/mol. The number of aliphatic hydroxyl groups is 1. The zero-order chi connectivity index (χ0) is 12.8. The van der Waals surface area contributed by atoms with E-state index in [9.17, 15) is 15.0 Å². The van der Waals surface area contributed by atoms with Gasteiger partial charge in [-0.05, 0) is 17.7 Å². The Balaban J connectivity index is 2.76. The highest BCUT2D eigenvalue weighted by molar-refractivity contribution is 5.75. The number of nitrogens with one attached hydrogen (secondary N) is 2. The van der Waals surface area contributed by atoms with Crippen LogP contribution in [0.2, 0.25) is 0 Å². The first-order valence-electron chi connectivity index (χ1n) is 5.49. The Morgan fingerprint density at radius 3 is 2.71 bits per heavy atom. The fourth-order valence-corrected chi connectivity index (χ4v) is 1.41. The number of hydrogen-bond donors (Lipinski definition) is 4. The standard InChI is InChI=1S/C12H18N2O3/c1-8(2)13-6-12(17)9-3-4-11(16)10(5-9)14-7-15/h3-5,7-8,12-13,16-17H,6H2,1-2H3,(H,14,15). The minimum Gasteiger partial charge on any atom is -0.506 e. The molecule has 0 aromatic heterocycles. The summed E-state index contributed by atoms with van der Waals surface area (Å²) < 4.78 is 0. The van der Waals surface area contributed by atoms with Crippen LogP contribution in [0.4, 0.5) is 5.69 Å². The summed E-state index contributed by atoms with van der Waals surface area (Å²) in [5.74, 6) is -0.0233. The third-order valence-corrected chi connectivity index (χ3v) is 2.34. The smallest absolute Gasteiger partial charge is 0.211 e. The predicted molar refractivity (Wildman–Crippen MR) is 65.9 cm³/mol. The molecule has 94 valence electrons. The Bertz CT molecular complexity index is 380. The largest absolute Gasteiger partial charge is 0.506 e. The maximum absolute atomic E-state index is 10.3. The third kappa shape index (κ3) is 4.05. The molecule has 0 fully saturated rings. The first kappa shape index (κ1) is 13.5. The molecule has 0 saturated heterocycles. The lowest BCUT2D eigenvalue weighted by atomic mass is 10.1. The Morgan fingerprint density at radius 1 is 1.41 bits per heavy atom. The van der Waals surface area contributed by atoms with E-state index < -0.39 is 6.10 Å². The Labute approximate surface area is 100 Å². The first-order chi connectivity index (χ1) is 8.04. The van der Waals surface area contributed by atoms with Gasteiger partial charge in [0, 0.05) is 12.6 Å². The first-order valence-corrected chi connectivity index (χ1v) is 5.49. The Kier molecular flexibility index (Phi) is 4.93. The van der Waals surface area contributed by atoms with Gasteiger partial charge >= 0.3 is 0 Å². The van der Waals surface area contributed by atoms with Gasteiger partial charge in [0.25, 0.3) is 0 Å². The highest BCUT2D eigenvalue weighted by Crippen LogP contribution is 2.26. The minimum atomic E-state index is -0.676. The molecule has 1 amide bonds. The van der Waals surface area contributed by atoms with Gasteiger partial charge in [-0.2, -0.15) is 0 Å². The van der Waals surface area contributed by atoms with E-state index in [1.54, 1.807) is 12.1 Å². The van der Waals surface area contributed by atoms with Crippen molar-refractivity contribution in [3.05, 3.63) is 23.8 Å². The van der Waals surface area contributed by atoms with Crippen LogP contribution in [0.3, 0.4) is 0 Å². The van der Waals surface area contributed by atoms with Crippen molar-refractivity contribution >= 4 is 12.1 Å². The van der Waals surface area contributed by atoms with Crippen molar-refractivity contribution in [3.8, 4) is 5.75 Å². The molecule has 5 heteroatoms. The van der Waals surface area contributed by atoms with Gasteiger partial charge in [0.05, 0.1) is 11.8 Å². The number of aromatic hydroxyl groups is 1. The lowest BCUT2D eigenvalue weighted by molar-refractivity contribution is -0.105. The van der Waals surface area contributed by atoms with Crippen molar-refractivity contribution in [2.75, 3.05) is 11.9 Å². The summed E-state index contributed by atoms with van der Waals surface area (Å²) in [5.41, 5.74) is 0.932. The van der Waals surface area contributed by atoms with Crippen LogP contribution in [-0.2, 0) is 4.79 Å². The molecular formula is C12H18N2O3. The average Bonchev–Trinajstić information content (AvgIpc) is 2.29. The second kappa shape index (κ2) is 6.22. The van der Waals surface area contributed by atoms with Gasteiger partial charge < -0.3 is 20.8 Å². The molecule has 0 aliphatic rings. The Hall–Kier alpha value is -1.59. The van der Waals surface area contributed by atoms with Gasteiger partial charge in [-0.25, -0.2) is 0 Å². The number of phenols is 1. The van der Waals surface area contributed by atoms with Crippen LogP contribution < -0.4 is 10.6 Å². The van der Waals surface area contributed by atoms with Crippen LogP contribution in [-0.4, -0.2) is 29.2 Å². The van der Waals surface area contributed by atoms with Crippen LogP contribution in [0.25, 0.3) is 0 Å². The number of carbonyl (C=O) groups excluding carboxylic acids is 1. The predicted octanol–water partition coefficient (Wildman–Crippen LogP) is 0.992. The molecule has 1 atom stereocenters. The van der Waals surface area contributed by atoms with Crippen molar-refractivity contribution in [1.82, 2.24) is 5.32 Å². The quantitative estimate of drug-likeness (QED) is 0.440. The molecule has 1 aromatic rings. The zero-order valence-corrected chi connectivity index (χ0v) is 9.97. The molecule has 0 radical (unpaired) electrons. The number of benzene rings is 1. The highest BCUT2D eigenvalue weighted by atomic mass is 16.3. The summed E-state index contributed by atoms with van der Waals surface area (Å²) in [7, 11) is 0.